The molecular formula is C9H6OS. The molecule has 0 unspecified atom stereocenters. The Morgan fingerprint density at radius 1 is 1.09 bits per heavy atom. The van der Waals surface area contributed by atoms with Gasteiger partial charge in [0.05, 0.1) is 0 Å². The van der Waals surface area contributed by atoms with E-state index in [1.54, 1.807) is 17.4 Å². The summed E-state index contributed by atoms with van der Waals surface area (Å²) in [7, 11) is 0. The van der Waals surface area contributed by atoms with E-state index in [-0.39, 0.29) is 5.43 Å². The minimum Gasteiger partial charge on any atom is -0.289 e. The highest BCUT2D eigenvalue weighted by Gasteiger charge is 1.93. The van der Waals surface area contributed by atoms with E-state index in [1.165, 1.54) is 0 Å². The van der Waals surface area contributed by atoms with Gasteiger partial charge in [0.1, 0.15) is 0 Å². The lowest BCUT2D eigenvalue weighted by atomic mass is 10.2. The summed E-state index contributed by atoms with van der Waals surface area (Å²) in [5, 5.41) is 2.64. The van der Waals surface area contributed by atoms with Crippen molar-refractivity contribution in [1.82, 2.24) is 0 Å². The predicted molar refractivity (Wildman–Crippen MR) is 48.1 cm³/mol. The van der Waals surface area contributed by atoms with Crippen molar-refractivity contribution >= 4 is 21.4 Å². The van der Waals surface area contributed by atoms with E-state index in [1.807, 2.05) is 29.6 Å². The van der Waals surface area contributed by atoms with Crippen LogP contribution in [0.15, 0.2) is 40.5 Å². The van der Waals surface area contributed by atoms with Crippen LogP contribution in [0.4, 0.5) is 0 Å². The van der Waals surface area contributed by atoms with Gasteiger partial charge in [-0.25, -0.2) is 0 Å². The molecule has 2 rings (SSSR count). The van der Waals surface area contributed by atoms with Crippen molar-refractivity contribution in [3.8, 4) is 0 Å². The summed E-state index contributed by atoms with van der Waals surface area (Å²) >= 11 is 1.59. The molecule has 0 aliphatic carbocycles. The third kappa shape index (κ3) is 1.05. The molecular weight excluding hydrogens is 156 g/mol. The van der Waals surface area contributed by atoms with Gasteiger partial charge in [0.2, 0.25) is 0 Å². The summed E-state index contributed by atoms with van der Waals surface area (Å²) in [5.74, 6) is 0. The highest BCUT2D eigenvalue weighted by Crippen LogP contribution is 2.12. The zero-order valence-corrected chi connectivity index (χ0v) is 6.60. The second-order valence-electron chi connectivity index (χ2n) is 2.28. The van der Waals surface area contributed by atoms with E-state index in [4.69, 9.17) is 0 Å². The maximum absolute atomic E-state index is 11.2. The molecule has 0 radical (unpaired) electrons. The molecule has 1 nitrogen and oxygen atoms in total. The molecule has 54 valence electrons. The summed E-state index contributed by atoms with van der Waals surface area (Å²) in [6, 6.07) is 9.25. The Labute approximate surface area is 67.9 Å². The van der Waals surface area contributed by atoms with E-state index in [0.717, 1.165) is 10.1 Å². The molecule has 0 amide bonds. The first-order chi connectivity index (χ1) is 5.38. The minimum atomic E-state index is 0.111. The fourth-order valence-corrected chi connectivity index (χ4v) is 1.82. The molecule has 0 saturated carbocycles. The lowest BCUT2D eigenvalue weighted by Crippen LogP contribution is -1.95. The van der Waals surface area contributed by atoms with Gasteiger partial charge in [-0.05, 0) is 23.6 Å². The van der Waals surface area contributed by atoms with Crippen LogP contribution in [0.25, 0.3) is 10.1 Å². The van der Waals surface area contributed by atoms with E-state index in [9.17, 15) is 4.79 Å². The van der Waals surface area contributed by atoms with Gasteiger partial charge >= 0.3 is 0 Å². The van der Waals surface area contributed by atoms with Crippen molar-refractivity contribution in [1.29, 1.82) is 0 Å². The molecule has 0 fully saturated rings. The molecule has 0 bridgehead atoms. The third-order valence-corrected chi connectivity index (χ3v) is 2.45. The number of hydrogen-bond donors (Lipinski definition) is 0. The molecule has 1 aromatic heterocycles. The Bertz CT molecular complexity index is 425. The topological polar surface area (TPSA) is 17.1 Å². The molecule has 0 saturated heterocycles. The SMILES string of the molecule is O=c1ccsc2ccccc12. The Hall–Kier alpha value is -1.15. The van der Waals surface area contributed by atoms with Gasteiger partial charge in [-0.15, -0.1) is 11.3 Å². The van der Waals surface area contributed by atoms with Crippen molar-refractivity contribution in [3.05, 3.63) is 45.9 Å². The molecule has 2 aromatic rings. The van der Waals surface area contributed by atoms with Crippen molar-refractivity contribution in [2.24, 2.45) is 0 Å². The number of rotatable bonds is 0. The summed E-state index contributed by atoms with van der Waals surface area (Å²) in [6.45, 7) is 0. The normalized spacial score (nSPS) is 10.2. The molecule has 0 N–H and O–H groups in total. The molecule has 0 spiro atoms. The van der Waals surface area contributed by atoms with E-state index < -0.39 is 0 Å². The third-order valence-electron chi connectivity index (χ3n) is 1.57. The van der Waals surface area contributed by atoms with E-state index >= 15 is 0 Å². The van der Waals surface area contributed by atoms with Crippen LogP contribution in [-0.4, -0.2) is 0 Å². The summed E-state index contributed by atoms with van der Waals surface area (Å²) < 4.78 is 1.06. The Morgan fingerprint density at radius 3 is 2.73 bits per heavy atom. The van der Waals surface area contributed by atoms with Crippen LogP contribution in [0.3, 0.4) is 0 Å². The van der Waals surface area contributed by atoms with Crippen LogP contribution >= 0.6 is 11.3 Å². The van der Waals surface area contributed by atoms with Crippen LogP contribution in [0.1, 0.15) is 0 Å². The fraction of sp³-hybridized carbons (Fsp3) is 0. The minimum absolute atomic E-state index is 0.111. The van der Waals surface area contributed by atoms with Crippen molar-refractivity contribution < 1.29 is 0 Å². The predicted octanol–water partition coefficient (Wildman–Crippen LogP) is 2.26. The molecule has 1 aromatic carbocycles. The summed E-state index contributed by atoms with van der Waals surface area (Å²) in [6.07, 6.45) is 0. The van der Waals surface area contributed by atoms with Gasteiger partial charge in [-0.3, -0.25) is 4.79 Å². The summed E-state index contributed by atoms with van der Waals surface area (Å²) in [4.78, 5) is 11.2. The van der Waals surface area contributed by atoms with Crippen molar-refractivity contribution in [2.75, 3.05) is 0 Å². The monoisotopic (exact) mass is 162 g/mol. The van der Waals surface area contributed by atoms with Gasteiger partial charge in [0, 0.05) is 10.1 Å². The summed E-state index contributed by atoms with van der Waals surface area (Å²) in [5.41, 5.74) is 0.111. The number of hydrogen-bond acceptors (Lipinski definition) is 2. The number of fused-ring (bicyclic) bond motifs is 1. The lowest BCUT2D eigenvalue weighted by Gasteiger charge is -1.90. The van der Waals surface area contributed by atoms with Crippen LogP contribution in [-0.2, 0) is 0 Å². The first-order valence-electron chi connectivity index (χ1n) is 3.34. The Morgan fingerprint density at radius 2 is 1.91 bits per heavy atom. The van der Waals surface area contributed by atoms with E-state index in [0.29, 0.717) is 0 Å². The molecule has 11 heavy (non-hydrogen) atoms. The maximum atomic E-state index is 11.2. The van der Waals surface area contributed by atoms with Gasteiger partial charge in [0.25, 0.3) is 0 Å². The standard InChI is InChI=1S/C9H6OS/c10-8-5-6-11-9-4-2-1-3-7(8)9/h1-6H. The first-order valence-corrected chi connectivity index (χ1v) is 4.22. The largest absolute Gasteiger partial charge is 0.289 e. The van der Waals surface area contributed by atoms with Crippen molar-refractivity contribution in [3.63, 3.8) is 0 Å². The molecule has 0 aliphatic rings. The zero-order valence-electron chi connectivity index (χ0n) is 5.78. The van der Waals surface area contributed by atoms with Gasteiger partial charge in [-0.2, -0.15) is 0 Å². The Balaban J connectivity index is 3.03. The average molecular weight is 162 g/mol. The second kappa shape index (κ2) is 2.47. The second-order valence-corrected chi connectivity index (χ2v) is 3.23. The zero-order chi connectivity index (χ0) is 7.68. The van der Waals surface area contributed by atoms with Gasteiger partial charge < -0.3 is 0 Å². The highest BCUT2D eigenvalue weighted by molar-refractivity contribution is 7.16. The molecule has 2 heteroatoms. The van der Waals surface area contributed by atoms with Crippen LogP contribution in [0, 0.1) is 0 Å². The van der Waals surface area contributed by atoms with Crippen LogP contribution in [0.5, 0.6) is 0 Å². The highest BCUT2D eigenvalue weighted by atomic mass is 32.1. The molecule has 0 aliphatic heterocycles. The van der Waals surface area contributed by atoms with Crippen molar-refractivity contribution in [2.45, 2.75) is 0 Å². The lowest BCUT2D eigenvalue weighted by molar-refractivity contribution is 1.72. The average Bonchev–Trinajstić information content (AvgIpc) is 2.06. The van der Waals surface area contributed by atoms with Gasteiger partial charge in [0.15, 0.2) is 5.43 Å². The Kier molecular flexibility index (Phi) is 1.47. The number of benzene rings is 1. The quantitative estimate of drug-likeness (QED) is 0.580. The molecule has 0 atom stereocenters. The molecule has 1 heterocycles. The maximum Gasteiger partial charge on any atom is 0.188 e. The van der Waals surface area contributed by atoms with Gasteiger partial charge in [-0.1, -0.05) is 12.1 Å². The smallest absolute Gasteiger partial charge is 0.188 e. The van der Waals surface area contributed by atoms with E-state index in [2.05, 4.69) is 0 Å². The first kappa shape index (κ1) is 6.55. The van der Waals surface area contributed by atoms with Crippen LogP contribution in [0.2, 0.25) is 0 Å². The van der Waals surface area contributed by atoms with Crippen LogP contribution < -0.4 is 5.43 Å². The fourth-order valence-electron chi connectivity index (χ4n) is 1.03.